The second kappa shape index (κ2) is 7.89. The van der Waals surface area contributed by atoms with E-state index in [0.29, 0.717) is 17.3 Å². The maximum atomic E-state index is 13.5. The number of aryl methyl sites for hydroxylation is 4. The number of hydrogen-bond acceptors (Lipinski definition) is 3. The molecule has 0 bridgehead atoms. The lowest BCUT2D eigenvalue weighted by molar-refractivity contribution is 0.651. The van der Waals surface area contributed by atoms with Gasteiger partial charge in [-0.1, -0.05) is 41.9 Å². The number of thiophene rings is 1. The molecule has 0 aliphatic heterocycles. The Balaban J connectivity index is 1.74. The summed E-state index contributed by atoms with van der Waals surface area (Å²) in [4.78, 5) is 29.1. The molecule has 0 radical (unpaired) electrons. The third-order valence-electron chi connectivity index (χ3n) is 5.79. The summed E-state index contributed by atoms with van der Waals surface area (Å²) in [5, 5.41) is 1.29. The first-order chi connectivity index (χ1) is 14.6. The highest BCUT2D eigenvalue weighted by atomic mass is 35.5. The summed E-state index contributed by atoms with van der Waals surface area (Å²) in [5.74, 6) is 0. The second-order valence-corrected chi connectivity index (χ2v) is 9.20. The quantitative estimate of drug-likeness (QED) is 0.452. The van der Waals surface area contributed by atoms with Crippen molar-refractivity contribution < 1.29 is 0 Å². The molecule has 1 aliphatic carbocycles. The summed E-state index contributed by atoms with van der Waals surface area (Å²) in [7, 11) is 0. The van der Waals surface area contributed by atoms with Gasteiger partial charge >= 0.3 is 5.69 Å². The van der Waals surface area contributed by atoms with Crippen molar-refractivity contribution >= 4 is 33.2 Å². The number of hydrogen-bond donors (Lipinski definition) is 0. The largest absolute Gasteiger partial charge is 0.336 e. The average Bonchev–Trinajstić information content (AvgIpc) is 3.15. The van der Waals surface area contributed by atoms with Crippen LogP contribution in [-0.4, -0.2) is 9.13 Å². The standard InChI is InChI=1S/C24H21ClN2O2S/c25-17-10-12-18(13-11-17)27-22(28)21-19-8-4-5-9-20(19)30-23(21)26(24(27)29)15-14-16-6-2-1-3-7-16/h1-3,6-7,10-13H,4-5,8-9,14-15H2. The van der Waals surface area contributed by atoms with Crippen molar-refractivity contribution in [1.29, 1.82) is 0 Å². The SMILES string of the molecule is O=c1c2c3c(sc2n(CCc2ccccc2)c(=O)n1-c1ccc(Cl)cc1)CCCC3. The zero-order chi connectivity index (χ0) is 20.7. The molecular formula is C24H21ClN2O2S. The monoisotopic (exact) mass is 436 g/mol. The Labute approximate surface area is 183 Å². The van der Waals surface area contributed by atoms with Crippen LogP contribution in [0.15, 0.2) is 64.2 Å². The van der Waals surface area contributed by atoms with E-state index >= 15 is 0 Å². The van der Waals surface area contributed by atoms with Crippen LogP contribution in [0.1, 0.15) is 28.8 Å². The minimum absolute atomic E-state index is 0.215. The summed E-state index contributed by atoms with van der Waals surface area (Å²) in [6.07, 6.45) is 4.85. The molecule has 4 nitrogen and oxygen atoms in total. The van der Waals surface area contributed by atoms with Crippen molar-refractivity contribution in [1.82, 2.24) is 9.13 Å². The van der Waals surface area contributed by atoms with Gasteiger partial charge in [0, 0.05) is 16.4 Å². The fourth-order valence-electron chi connectivity index (χ4n) is 4.27. The second-order valence-electron chi connectivity index (χ2n) is 7.68. The Morgan fingerprint density at radius 1 is 0.933 bits per heavy atom. The summed E-state index contributed by atoms with van der Waals surface area (Å²) < 4.78 is 3.10. The Hall–Kier alpha value is -2.63. The molecule has 2 heterocycles. The molecule has 30 heavy (non-hydrogen) atoms. The number of rotatable bonds is 4. The van der Waals surface area contributed by atoms with Crippen molar-refractivity contribution in [3.8, 4) is 5.69 Å². The highest BCUT2D eigenvalue weighted by Gasteiger charge is 2.24. The van der Waals surface area contributed by atoms with E-state index in [1.54, 1.807) is 40.2 Å². The molecule has 0 saturated heterocycles. The van der Waals surface area contributed by atoms with Crippen LogP contribution >= 0.6 is 22.9 Å². The van der Waals surface area contributed by atoms with Crippen LogP contribution in [0, 0.1) is 0 Å². The first-order valence-corrected chi connectivity index (χ1v) is 11.4. The van der Waals surface area contributed by atoms with Gasteiger partial charge in [-0.2, -0.15) is 0 Å². The molecule has 0 spiro atoms. The van der Waals surface area contributed by atoms with E-state index in [2.05, 4.69) is 12.1 Å². The number of benzene rings is 2. The van der Waals surface area contributed by atoms with Crippen LogP contribution in [0.5, 0.6) is 0 Å². The zero-order valence-corrected chi connectivity index (χ0v) is 18.0. The van der Waals surface area contributed by atoms with Crippen molar-refractivity contribution in [3.63, 3.8) is 0 Å². The van der Waals surface area contributed by atoms with Crippen LogP contribution in [-0.2, 0) is 25.8 Å². The van der Waals surface area contributed by atoms with Crippen molar-refractivity contribution in [3.05, 3.63) is 96.5 Å². The number of fused-ring (bicyclic) bond motifs is 3. The maximum absolute atomic E-state index is 13.5. The van der Waals surface area contributed by atoms with E-state index in [1.807, 2.05) is 18.2 Å². The molecule has 2 aromatic carbocycles. The Kier molecular flexibility index (Phi) is 5.09. The van der Waals surface area contributed by atoms with E-state index in [9.17, 15) is 9.59 Å². The van der Waals surface area contributed by atoms with Gasteiger partial charge < -0.3 is 0 Å². The first kappa shape index (κ1) is 19.3. The summed E-state index contributed by atoms with van der Waals surface area (Å²) in [6, 6.07) is 17.0. The molecule has 0 fully saturated rings. The molecule has 0 saturated carbocycles. The third kappa shape index (κ3) is 3.32. The number of nitrogens with zero attached hydrogens (tertiary/aromatic N) is 2. The fraction of sp³-hybridized carbons (Fsp3) is 0.250. The molecule has 0 atom stereocenters. The molecule has 0 amide bonds. The molecule has 2 aromatic heterocycles. The maximum Gasteiger partial charge on any atom is 0.336 e. The Bertz CT molecular complexity index is 1330. The first-order valence-electron chi connectivity index (χ1n) is 10.2. The molecule has 1 aliphatic rings. The Morgan fingerprint density at radius 2 is 1.67 bits per heavy atom. The van der Waals surface area contributed by atoms with Crippen molar-refractivity contribution in [2.75, 3.05) is 0 Å². The van der Waals surface area contributed by atoms with Gasteiger partial charge in [-0.3, -0.25) is 9.36 Å². The van der Waals surface area contributed by atoms with E-state index < -0.39 is 0 Å². The lowest BCUT2D eigenvalue weighted by atomic mass is 9.97. The van der Waals surface area contributed by atoms with Gasteiger partial charge in [-0.15, -0.1) is 11.3 Å². The van der Waals surface area contributed by atoms with Gasteiger partial charge in [0.05, 0.1) is 11.1 Å². The minimum atomic E-state index is -0.288. The highest BCUT2D eigenvalue weighted by Crippen LogP contribution is 2.34. The molecule has 0 N–H and O–H groups in total. The van der Waals surface area contributed by atoms with Crippen LogP contribution < -0.4 is 11.2 Å². The minimum Gasteiger partial charge on any atom is -0.284 e. The van der Waals surface area contributed by atoms with Gasteiger partial charge in [0.1, 0.15) is 4.83 Å². The zero-order valence-electron chi connectivity index (χ0n) is 16.4. The lowest BCUT2D eigenvalue weighted by Gasteiger charge is -2.13. The van der Waals surface area contributed by atoms with Crippen LogP contribution in [0.4, 0.5) is 0 Å². The summed E-state index contributed by atoms with van der Waals surface area (Å²) >= 11 is 7.66. The van der Waals surface area contributed by atoms with E-state index in [-0.39, 0.29) is 11.2 Å². The van der Waals surface area contributed by atoms with Gasteiger partial charge in [-0.05, 0) is 67.5 Å². The van der Waals surface area contributed by atoms with Gasteiger partial charge in [-0.25, -0.2) is 9.36 Å². The molecular weight excluding hydrogens is 416 g/mol. The average molecular weight is 437 g/mol. The predicted molar refractivity (Wildman–Crippen MR) is 123 cm³/mol. The topological polar surface area (TPSA) is 44.0 Å². The molecule has 152 valence electrons. The van der Waals surface area contributed by atoms with Crippen LogP contribution in [0.3, 0.4) is 0 Å². The van der Waals surface area contributed by atoms with Crippen LogP contribution in [0.25, 0.3) is 15.9 Å². The summed E-state index contributed by atoms with van der Waals surface area (Å²) in [5.41, 5.74) is 2.36. The van der Waals surface area contributed by atoms with E-state index in [0.717, 1.165) is 47.9 Å². The molecule has 5 rings (SSSR count). The Morgan fingerprint density at radius 3 is 2.43 bits per heavy atom. The van der Waals surface area contributed by atoms with E-state index in [4.69, 9.17) is 11.6 Å². The third-order valence-corrected chi connectivity index (χ3v) is 7.36. The fourth-order valence-corrected chi connectivity index (χ4v) is 5.79. The van der Waals surface area contributed by atoms with E-state index in [1.165, 1.54) is 15.0 Å². The van der Waals surface area contributed by atoms with Crippen LogP contribution in [0.2, 0.25) is 5.02 Å². The van der Waals surface area contributed by atoms with Crippen molar-refractivity contribution in [2.45, 2.75) is 38.6 Å². The summed E-state index contributed by atoms with van der Waals surface area (Å²) in [6.45, 7) is 0.534. The van der Waals surface area contributed by atoms with Gasteiger partial charge in [0.25, 0.3) is 5.56 Å². The molecule has 4 aromatic rings. The molecule has 0 unspecified atom stereocenters. The number of halogens is 1. The lowest BCUT2D eigenvalue weighted by Crippen LogP contribution is -2.39. The smallest absolute Gasteiger partial charge is 0.284 e. The predicted octanol–water partition coefficient (Wildman–Crippen LogP) is 4.99. The van der Waals surface area contributed by atoms with Gasteiger partial charge in [0.2, 0.25) is 0 Å². The molecule has 6 heteroatoms. The van der Waals surface area contributed by atoms with Gasteiger partial charge in [0.15, 0.2) is 0 Å². The normalized spacial score (nSPS) is 13.5. The highest BCUT2D eigenvalue weighted by molar-refractivity contribution is 7.18. The number of aromatic nitrogens is 2. The van der Waals surface area contributed by atoms with Crippen molar-refractivity contribution in [2.24, 2.45) is 0 Å².